The van der Waals surface area contributed by atoms with E-state index in [1.165, 1.54) is 0 Å². The lowest BCUT2D eigenvalue weighted by Gasteiger charge is -2.20. The predicted octanol–water partition coefficient (Wildman–Crippen LogP) is 1.60. The summed E-state index contributed by atoms with van der Waals surface area (Å²) >= 11 is 0. The van der Waals surface area contributed by atoms with Crippen LogP contribution in [0.25, 0.3) is 0 Å². The van der Waals surface area contributed by atoms with E-state index in [0.717, 1.165) is 19.9 Å². The van der Waals surface area contributed by atoms with Gasteiger partial charge in [0, 0.05) is 0 Å². The maximum absolute atomic E-state index is 13.3. The predicted molar refractivity (Wildman–Crippen MR) is 55.3 cm³/mol. The molecule has 0 radical (unpaired) electrons. The molecular weight excluding hydrogens is 254 g/mol. The molecule has 17 heavy (non-hydrogen) atoms. The molecule has 0 atom stereocenters. The fourth-order valence-corrected chi connectivity index (χ4v) is 2.45. The van der Waals surface area contributed by atoms with E-state index in [2.05, 4.69) is 0 Å². The van der Waals surface area contributed by atoms with Gasteiger partial charge in [-0.1, -0.05) is 0 Å². The van der Waals surface area contributed by atoms with Crippen LogP contribution in [0.5, 0.6) is 0 Å². The van der Waals surface area contributed by atoms with Crippen LogP contribution >= 0.6 is 0 Å². The number of benzene rings is 1. The molecule has 1 aromatic rings. The number of carbonyl (C=O) groups is 1. The van der Waals surface area contributed by atoms with Crippen molar-refractivity contribution in [1.82, 2.24) is 0 Å². The summed E-state index contributed by atoms with van der Waals surface area (Å²) in [5, 5.41) is 8.80. The molecule has 0 spiro atoms. The zero-order valence-electron chi connectivity index (χ0n) is 9.07. The first-order valence-corrected chi connectivity index (χ1v) is 6.02. The van der Waals surface area contributed by atoms with E-state index in [4.69, 9.17) is 5.11 Å². The van der Waals surface area contributed by atoms with Crippen LogP contribution < -0.4 is 0 Å². The molecule has 0 aromatic heterocycles. The van der Waals surface area contributed by atoms with E-state index in [1.807, 2.05) is 0 Å². The van der Waals surface area contributed by atoms with Crippen LogP contribution in [0.1, 0.15) is 13.8 Å². The Hall–Kier alpha value is -1.50. The zero-order chi connectivity index (χ0) is 13.4. The first-order valence-electron chi connectivity index (χ1n) is 4.54. The topological polar surface area (TPSA) is 71.4 Å². The minimum Gasteiger partial charge on any atom is -0.480 e. The molecule has 0 aliphatic rings. The third kappa shape index (κ3) is 2.14. The minimum absolute atomic E-state index is 0.468. The Kier molecular flexibility index (Phi) is 3.24. The highest BCUT2D eigenvalue weighted by atomic mass is 32.2. The second-order valence-corrected chi connectivity index (χ2v) is 6.36. The van der Waals surface area contributed by atoms with Gasteiger partial charge in [-0.05, 0) is 32.0 Å². The maximum Gasteiger partial charge on any atom is 0.324 e. The summed E-state index contributed by atoms with van der Waals surface area (Å²) in [5.41, 5.74) is 0. The van der Waals surface area contributed by atoms with Crippen LogP contribution in [0.15, 0.2) is 23.1 Å². The standard InChI is InChI=1S/C10H10F2O4S/c1-10(2,9(13)14)17(15,16)8-5-6(11)3-4-7(8)12/h3-5H,1-2H3,(H,13,14). The van der Waals surface area contributed by atoms with Crippen molar-refractivity contribution in [2.24, 2.45) is 0 Å². The van der Waals surface area contributed by atoms with E-state index in [1.54, 1.807) is 0 Å². The average Bonchev–Trinajstić information content (AvgIpc) is 2.21. The normalized spacial score (nSPS) is 12.5. The van der Waals surface area contributed by atoms with Crippen LogP contribution in [0.2, 0.25) is 0 Å². The molecule has 94 valence electrons. The van der Waals surface area contributed by atoms with E-state index in [0.29, 0.717) is 12.1 Å². The summed E-state index contributed by atoms with van der Waals surface area (Å²) in [6.45, 7) is 1.82. The molecule has 0 heterocycles. The largest absolute Gasteiger partial charge is 0.480 e. The smallest absolute Gasteiger partial charge is 0.324 e. The summed E-state index contributed by atoms with van der Waals surface area (Å²) in [5.74, 6) is -3.77. The van der Waals surface area contributed by atoms with Gasteiger partial charge in [0.25, 0.3) is 0 Å². The quantitative estimate of drug-likeness (QED) is 0.900. The second kappa shape index (κ2) is 4.06. The van der Waals surface area contributed by atoms with Crippen molar-refractivity contribution in [3.05, 3.63) is 29.8 Å². The third-order valence-corrected chi connectivity index (χ3v) is 4.78. The molecule has 0 fully saturated rings. The van der Waals surface area contributed by atoms with E-state index in [-0.39, 0.29) is 0 Å². The molecule has 0 aliphatic heterocycles. The number of hydrogen-bond acceptors (Lipinski definition) is 3. The second-order valence-electron chi connectivity index (χ2n) is 3.89. The van der Waals surface area contributed by atoms with Crippen molar-refractivity contribution in [3.8, 4) is 0 Å². The van der Waals surface area contributed by atoms with Crippen molar-refractivity contribution in [2.45, 2.75) is 23.5 Å². The summed E-state index contributed by atoms with van der Waals surface area (Å²) in [6.07, 6.45) is 0. The zero-order valence-corrected chi connectivity index (χ0v) is 9.88. The molecule has 0 amide bonds. The Balaban J connectivity index is 3.52. The average molecular weight is 264 g/mol. The van der Waals surface area contributed by atoms with Crippen molar-refractivity contribution >= 4 is 15.8 Å². The van der Waals surface area contributed by atoms with Crippen molar-refractivity contribution in [1.29, 1.82) is 0 Å². The monoisotopic (exact) mass is 264 g/mol. The Morgan fingerprint density at radius 3 is 2.29 bits per heavy atom. The van der Waals surface area contributed by atoms with Crippen LogP contribution in [-0.2, 0) is 14.6 Å². The first-order chi connectivity index (χ1) is 7.60. The van der Waals surface area contributed by atoms with E-state index in [9.17, 15) is 22.0 Å². The Bertz CT molecular complexity index is 564. The molecule has 0 saturated heterocycles. The highest BCUT2D eigenvalue weighted by Gasteiger charge is 2.44. The molecule has 1 rings (SSSR count). The summed E-state index contributed by atoms with van der Waals surface area (Å²) in [6, 6.07) is 1.86. The van der Waals surface area contributed by atoms with Gasteiger partial charge in [0.15, 0.2) is 14.6 Å². The molecule has 0 unspecified atom stereocenters. The molecule has 0 aliphatic carbocycles. The highest BCUT2D eigenvalue weighted by Crippen LogP contribution is 2.28. The molecule has 1 aromatic carbocycles. The maximum atomic E-state index is 13.3. The summed E-state index contributed by atoms with van der Waals surface area (Å²) in [7, 11) is -4.51. The Labute approximate surface area is 96.8 Å². The number of sulfone groups is 1. The van der Waals surface area contributed by atoms with Crippen molar-refractivity contribution in [3.63, 3.8) is 0 Å². The van der Waals surface area contributed by atoms with Crippen LogP contribution in [-0.4, -0.2) is 24.2 Å². The summed E-state index contributed by atoms with van der Waals surface area (Å²) < 4.78 is 47.7. The molecule has 1 N–H and O–H groups in total. The van der Waals surface area contributed by atoms with Gasteiger partial charge >= 0.3 is 5.97 Å². The van der Waals surface area contributed by atoms with E-state index < -0.39 is 37.1 Å². The van der Waals surface area contributed by atoms with Gasteiger partial charge < -0.3 is 5.11 Å². The summed E-state index contributed by atoms with van der Waals surface area (Å²) in [4.78, 5) is 9.89. The third-order valence-electron chi connectivity index (χ3n) is 2.37. The van der Waals surface area contributed by atoms with Gasteiger partial charge in [-0.25, -0.2) is 17.2 Å². The molecule has 7 heteroatoms. The molecule has 4 nitrogen and oxygen atoms in total. The fraction of sp³-hybridized carbons (Fsp3) is 0.300. The van der Waals surface area contributed by atoms with Gasteiger partial charge in [0.1, 0.15) is 16.5 Å². The van der Waals surface area contributed by atoms with Crippen LogP contribution in [0, 0.1) is 11.6 Å². The number of carboxylic acid groups (broad SMARTS) is 1. The Morgan fingerprint density at radius 1 is 1.29 bits per heavy atom. The van der Waals surface area contributed by atoms with Gasteiger partial charge in [0.2, 0.25) is 0 Å². The van der Waals surface area contributed by atoms with Gasteiger partial charge in [0.05, 0.1) is 0 Å². The van der Waals surface area contributed by atoms with Gasteiger partial charge in [-0.2, -0.15) is 0 Å². The van der Waals surface area contributed by atoms with Crippen LogP contribution in [0.4, 0.5) is 8.78 Å². The van der Waals surface area contributed by atoms with Gasteiger partial charge in [-0.15, -0.1) is 0 Å². The number of rotatable bonds is 3. The highest BCUT2D eigenvalue weighted by molar-refractivity contribution is 7.93. The van der Waals surface area contributed by atoms with Crippen LogP contribution in [0.3, 0.4) is 0 Å². The molecule has 0 saturated carbocycles. The number of carboxylic acids is 1. The van der Waals surface area contributed by atoms with Crippen molar-refractivity contribution in [2.75, 3.05) is 0 Å². The number of halogens is 2. The lowest BCUT2D eigenvalue weighted by molar-refractivity contribution is -0.139. The lowest BCUT2D eigenvalue weighted by atomic mass is 10.2. The van der Waals surface area contributed by atoms with Gasteiger partial charge in [-0.3, -0.25) is 4.79 Å². The number of aliphatic carboxylic acids is 1. The minimum atomic E-state index is -4.51. The number of hydrogen-bond donors (Lipinski definition) is 1. The van der Waals surface area contributed by atoms with E-state index >= 15 is 0 Å². The SMILES string of the molecule is CC(C)(C(=O)O)S(=O)(=O)c1cc(F)ccc1F. The van der Waals surface area contributed by atoms with Crippen molar-refractivity contribution < 1.29 is 27.1 Å². The fourth-order valence-electron chi connectivity index (χ4n) is 1.07. The Morgan fingerprint density at radius 2 is 1.82 bits per heavy atom. The molecule has 0 bridgehead atoms. The first kappa shape index (κ1) is 13.6. The lowest BCUT2D eigenvalue weighted by Crippen LogP contribution is -2.40. The molecular formula is C10H10F2O4S.